The van der Waals surface area contributed by atoms with Gasteiger partial charge in [0.25, 0.3) is 0 Å². The van der Waals surface area contributed by atoms with Crippen molar-refractivity contribution in [2.45, 2.75) is 90.9 Å². The zero-order chi connectivity index (χ0) is 27.0. The second-order valence-electron chi connectivity index (χ2n) is 10.5. The van der Waals surface area contributed by atoms with Crippen molar-refractivity contribution >= 4 is 27.2 Å². The Labute approximate surface area is 234 Å². The molecule has 0 unspecified atom stereocenters. The van der Waals surface area contributed by atoms with Crippen LogP contribution >= 0.6 is 11.3 Å². The maximum Gasteiger partial charge on any atom is 0.201 e. The Bertz CT molecular complexity index is 1090. The smallest absolute Gasteiger partial charge is 0.201 e. The van der Waals surface area contributed by atoms with E-state index in [-0.39, 0.29) is 13.2 Å². The summed E-state index contributed by atoms with van der Waals surface area (Å²) in [5.74, 6) is 0. The molecule has 210 valence electrons. The lowest BCUT2D eigenvalue weighted by Gasteiger charge is -2.25. The van der Waals surface area contributed by atoms with Crippen molar-refractivity contribution in [2.24, 2.45) is 0 Å². The average Bonchev–Trinajstić information content (AvgIpc) is 2.94. The van der Waals surface area contributed by atoms with Crippen molar-refractivity contribution < 1.29 is 10.2 Å². The van der Waals surface area contributed by atoms with Crippen LogP contribution in [0.25, 0.3) is 20.8 Å². The molecule has 0 atom stereocenters. The predicted molar refractivity (Wildman–Crippen MR) is 164 cm³/mol. The van der Waals surface area contributed by atoms with Gasteiger partial charge in [0.15, 0.2) is 0 Å². The van der Waals surface area contributed by atoms with Gasteiger partial charge in [-0.05, 0) is 62.8 Å². The van der Waals surface area contributed by atoms with E-state index in [2.05, 4.69) is 59.7 Å². The van der Waals surface area contributed by atoms with Crippen molar-refractivity contribution in [3.05, 3.63) is 41.8 Å². The van der Waals surface area contributed by atoms with Crippen molar-refractivity contribution in [1.29, 1.82) is 0 Å². The van der Waals surface area contributed by atoms with Crippen LogP contribution in [0.4, 0.5) is 5.69 Å². The third-order valence-electron chi connectivity index (χ3n) is 7.31. The highest BCUT2D eigenvalue weighted by Gasteiger charge is 2.14. The molecular formula is C32H50N3O2S+. The number of aliphatic hydroxyl groups is 2. The minimum atomic E-state index is 0.290. The lowest BCUT2D eigenvalue weighted by atomic mass is 10.1. The summed E-state index contributed by atoms with van der Waals surface area (Å²) >= 11 is 1.86. The second-order valence-corrected chi connectivity index (χ2v) is 11.6. The summed E-state index contributed by atoms with van der Waals surface area (Å²) in [7, 11) is 0. The number of unbranched alkanes of at least 4 members (excludes halogenated alkanes) is 8. The van der Waals surface area contributed by atoms with Crippen LogP contribution in [0.5, 0.6) is 0 Å². The van der Waals surface area contributed by atoms with Crippen LogP contribution in [0.1, 0.15) is 90.9 Å². The van der Waals surface area contributed by atoms with Gasteiger partial charge in [-0.15, -0.1) is 11.3 Å². The standard InChI is InChI=1S/C32H50N3O2S/c1-3-5-19-34(20-6-4-2)27-15-17-29-31(25-27)38-32-26-28(16-18-30(32)33-29)35(21-11-7-9-13-23-36)22-12-8-10-14-24-37/h15-18,25-26,36-37H,3-14,19-24H2,1-2H3/q+1. The molecule has 0 bridgehead atoms. The lowest BCUT2D eigenvalue weighted by Crippen LogP contribution is -2.32. The van der Waals surface area contributed by atoms with Gasteiger partial charge < -0.3 is 15.1 Å². The molecule has 2 aliphatic rings. The van der Waals surface area contributed by atoms with E-state index in [0.29, 0.717) is 0 Å². The third kappa shape index (κ3) is 9.62. The first-order chi connectivity index (χ1) is 18.7. The van der Waals surface area contributed by atoms with Crippen molar-refractivity contribution in [2.75, 3.05) is 44.3 Å². The molecule has 0 spiro atoms. The zero-order valence-electron chi connectivity index (χ0n) is 23.8. The summed E-state index contributed by atoms with van der Waals surface area (Å²) in [6.45, 7) is 9.42. The number of anilines is 1. The van der Waals surface area contributed by atoms with Crippen molar-refractivity contribution in [1.82, 2.24) is 9.56 Å². The second kappa shape index (κ2) is 17.5. The van der Waals surface area contributed by atoms with Gasteiger partial charge in [-0.1, -0.05) is 39.5 Å². The van der Waals surface area contributed by atoms with Gasteiger partial charge in [-0.2, -0.15) is 0 Å². The van der Waals surface area contributed by atoms with Crippen LogP contribution in [0.15, 0.2) is 36.4 Å². The van der Waals surface area contributed by atoms with E-state index in [1.54, 1.807) is 0 Å². The largest absolute Gasteiger partial charge is 0.396 e. The summed E-state index contributed by atoms with van der Waals surface area (Å²) in [5.41, 5.74) is 3.47. The average molecular weight is 541 g/mol. The Balaban J connectivity index is 1.90. The summed E-state index contributed by atoms with van der Waals surface area (Å²) in [5, 5.41) is 19.5. The number of fused-ring (bicyclic) bond motifs is 2. The summed E-state index contributed by atoms with van der Waals surface area (Å²) in [6, 6.07) is 13.6. The van der Waals surface area contributed by atoms with Crippen LogP contribution in [0.2, 0.25) is 0 Å². The minimum Gasteiger partial charge on any atom is -0.396 e. The molecule has 2 N–H and O–H groups in total. The molecule has 0 saturated carbocycles. The molecule has 1 heterocycles. The fraction of sp³-hybridized carbons (Fsp3) is 0.625. The van der Waals surface area contributed by atoms with E-state index in [1.165, 1.54) is 46.3 Å². The van der Waals surface area contributed by atoms with Gasteiger partial charge in [0, 0.05) is 57.0 Å². The van der Waals surface area contributed by atoms with Crippen LogP contribution in [-0.4, -0.2) is 54.6 Å². The Hall–Kier alpha value is -2.02. The Morgan fingerprint density at radius 3 is 1.97 bits per heavy atom. The highest BCUT2D eigenvalue weighted by Crippen LogP contribution is 2.32. The third-order valence-corrected chi connectivity index (χ3v) is 8.41. The maximum absolute atomic E-state index is 9.10. The van der Waals surface area contributed by atoms with Gasteiger partial charge in [-0.3, -0.25) is 0 Å². The van der Waals surface area contributed by atoms with Crippen LogP contribution in [-0.2, 0) is 0 Å². The molecule has 3 rings (SSSR count). The van der Waals surface area contributed by atoms with E-state index < -0.39 is 0 Å². The molecule has 38 heavy (non-hydrogen) atoms. The van der Waals surface area contributed by atoms with E-state index in [4.69, 9.17) is 15.2 Å². The van der Waals surface area contributed by atoms with Gasteiger partial charge in [0.1, 0.15) is 13.1 Å². The van der Waals surface area contributed by atoms with E-state index in [0.717, 1.165) is 88.8 Å². The molecule has 0 fully saturated rings. The molecule has 1 aromatic rings. The molecule has 0 saturated heterocycles. The van der Waals surface area contributed by atoms with Gasteiger partial charge >= 0.3 is 0 Å². The van der Waals surface area contributed by atoms with E-state index in [1.807, 2.05) is 11.3 Å². The normalized spacial score (nSPS) is 11.5. The summed E-state index contributed by atoms with van der Waals surface area (Å²) in [6.07, 6.45) is 13.4. The first-order valence-electron chi connectivity index (χ1n) is 15.1. The first kappa shape index (κ1) is 30.5. The molecule has 6 heteroatoms. The number of hydrogen-bond acceptors (Lipinski definition) is 5. The van der Waals surface area contributed by atoms with Crippen molar-refractivity contribution in [3.63, 3.8) is 0 Å². The number of benzene rings is 2. The van der Waals surface area contributed by atoms with Gasteiger partial charge in [-0.25, -0.2) is 9.56 Å². The maximum atomic E-state index is 9.10. The topological polar surface area (TPSA) is 59.6 Å². The highest BCUT2D eigenvalue weighted by atomic mass is 32.1. The minimum absolute atomic E-state index is 0.290. The zero-order valence-corrected chi connectivity index (χ0v) is 24.7. The molecule has 0 aromatic heterocycles. The quantitative estimate of drug-likeness (QED) is 0.101. The Kier molecular flexibility index (Phi) is 14.1. The SMILES string of the molecule is CCCCN(CCCC)c1ccc2nc3ccc(=[N+](CCCCCCO)CCCCCCO)cc-3sc2c1. The van der Waals surface area contributed by atoms with Crippen LogP contribution in [0.3, 0.4) is 0 Å². The van der Waals surface area contributed by atoms with Crippen LogP contribution in [0, 0.1) is 0 Å². The molecule has 5 nitrogen and oxygen atoms in total. The van der Waals surface area contributed by atoms with Crippen LogP contribution < -0.4 is 14.8 Å². The monoisotopic (exact) mass is 540 g/mol. The number of aliphatic hydroxyl groups excluding tert-OH is 2. The van der Waals surface area contributed by atoms with Crippen molar-refractivity contribution in [3.8, 4) is 10.6 Å². The molecule has 1 aliphatic heterocycles. The number of nitrogens with zero attached hydrogens (tertiary/aromatic N) is 3. The molecule has 1 aliphatic carbocycles. The fourth-order valence-corrected chi connectivity index (χ4v) is 6.00. The summed E-state index contributed by atoms with van der Waals surface area (Å²) < 4.78 is 3.78. The lowest BCUT2D eigenvalue weighted by molar-refractivity contribution is 0.281. The summed E-state index contributed by atoms with van der Waals surface area (Å²) in [4.78, 5) is 8.81. The van der Waals surface area contributed by atoms with Gasteiger partial charge in [0.05, 0.1) is 20.8 Å². The predicted octanol–water partition coefficient (Wildman–Crippen LogP) is 6.69. The first-order valence-corrected chi connectivity index (χ1v) is 15.9. The number of hydrogen-bond donors (Lipinski definition) is 2. The fourth-order valence-electron chi connectivity index (χ4n) is 4.97. The number of aromatic nitrogens is 1. The molecule has 1 aromatic carbocycles. The number of rotatable bonds is 19. The van der Waals surface area contributed by atoms with E-state index in [9.17, 15) is 0 Å². The molecule has 0 amide bonds. The van der Waals surface area contributed by atoms with Gasteiger partial charge in [0.2, 0.25) is 5.36 Å². The highest BCUT2D eigenvalue weighted by molar-refractivity contribution is 7.21. The Morgan fingerprint density at radius 2 is 1.37 bits per heavy atom. The van der Waals surface area contributed by atoms with E-state index >= 15 is 0 Å². The molecule has 0 radical (unpaired) electrons. The molecular weight excluding hydrogens is 490 g/mol. The Morgan fingerprint density at radius 1 is 0.737 bits per heavy atom.